The minimum absolute atomic E-state index is 0.0293. The van der Waals surface area contributed by atoms with Gasteiger partial charge in [-0.25, -0.2) is 14.4 Å². The fourth-order valence-electron chi connectivity index (χ4n) is 7.54. The number of likely N-dealkylation sites (tertiary alicyclic amines) is 1. The van der Waals surface area contributed by atoms with E-state index in [-0.39, 0.29) is 23.6 Å². The maximum atomic E-state index is 14.9. The Labute approximate surface area is 269 Å². The predicted octanol–water partition coefficient (Wildman–Crippen LogP) is 3.90. The summed E-state index contributed by atoms with van der Waals surface area (Å²) in [5, 5.41) is 10.9. The normalized spacial score (nSPS) is 21.2. The Bertz CT molecular complexity index is 2100. The van der Waals surface area contributed by atoms with Crippen molar-refractivity contribution >= 4 is 33.9 Å². The number of rotatable bonds is 8. The molecule has 2 aliphatic carbocycles. The van der Waals surface area contributed by atoms with Crippen molar-refractivity contribution in [3.05, 3.63) is 65.5 Å². The third kappa shape index (κ3) is 4.77. The summed E-state index contributed by atoms with van der Waals surface area (Å²) >= 11 is 0. The van der Waals surface area contributed by atoms with E-state index in [0.717, 1.165) is 54.5 Å². The zero-order chi connectivity index (χ0) is 32.7. The van der Waals surface area contributed by atoms with Crippen molar-refractivity contribution in [2.45, 2.75) is 50.4 Å². The van der Waals surface area contributed by atoms with E-state index in [1.165, 1.54) is 12.1 Å². The number of fused-ring (bicyclic) bond motifs is 4. The molecule has 11 nitrogen and oxygen atoms in total. The van der Waals surface area contributed by atoms with Crippen molar-refractivity contribution in [1.29, 1.82) is 0 Å². The van der Waals surface area contributed by atoms with Crippen molar-refractivity contribution in [2.75, 3.05) is 13.7 Å². The molecule has 5 aromatic rings. The minimum atomic E-state index is -1.73. The molecule has 4 atom stereocenters. The number of aliphatic hydroxyl groups is 1. The summed E-state index contributed by atoms with van der Waals surface area (Å²) in [5.74, 6) is 0.333. The number of hydrogen-bond donors (Lipinski definition) is 3. The average Bonchev–Trinajstić information content (AvgIpc) is 3.47. The van der Waals surface area contributed by atoms with Crippen LogP contribution in [0.3, 0.4) is 0 Å². The van der Waals surface area contributed by atoms with Gasteiger partial charge in [0.25, 0.3) is 11.8 Å². The Hall–Kier alpha value is -4.81. The third-order valence-corrected chi connectivity index (χ3v) is 10.3. The number of nitrogens with two attached hydrogens (primary N) is 2. The van der Waals surface area contributed by atoms with Crippen LogP contribution >= 0.6 is 0 Å². The van der Waals surface area contributed by atoms with Gasteiger partial charge in [0.2, 0.25) is 0 Å². The van der Waals surface area contributed by atoms with E-state index in [0.29, 0.717) is 52.3 Å². The highest BCUT2D eigenvalue weighted by atomic mass is 19.1. The molecule has 8 rings (SSSR count). The number of carbonyl (C=O) groups is 2. The monoisotopic (exact) mass is 637 g/mol. The lowest BCUT2D eigenvalue weighted by Gasteiger charge is -2.27. The van der Waals surface area contributed by atoms with Gasteiger partial charge in [-0.05, 0) is 73.9 Å². The summed E-state index contributed by atoms with van der Waals surface area (Å²) < 4.78 is 24.9. The van der Waals surface area contributed by atoms with E-state index >= 15 is 0 Å². The van der Waals surface area contributed by atoms with E-state index < -0.39 is 17.8 Å². The van der Waals surface area contributed by atoms with Gasteiger partial charge >= 0.3 is 0 Å². The number of hydrogen-bond acceptors (Lipinski definition) is 7. The first-order valence-electron chi connectivity index (χ1n) is 16.0. The molecule has 1 saturated heterocycles. The van der Waals surface area contributed by atoms with Gasteiger partial charge in [0, 0.05) is 54.3 Å². The Balaban J connectivity index is 1.21. The van der Waals surface area contributed by atoms with Crippen LogP contribution in [0.2, 0.25) is 0 Å². The van der Waals surface area contributed by atoms with Crippen molar-refractivity contribution in [2.24, 2.45) is 30.4 Å². The number of aliphatic hydroxyl groups excluding tert-OH is 1. The summed E-state index contributed by atoms with van der Waals surface area (Å²) in [6.45, 7) is 1.43. The SMILES string of the molecule is COc1cc(C(=O)N2CC3CCC2[C@@H]3N)cc2nc(-c3cc4ccc(-c5ccc(C(O)C(N)=O)c(F)c5)nc4n3CC3CC3)n(C)c12. The molecular weight excluding hydrogens is 601 g/mol. The number of aromatic nitrogens is 4. The Morgan fingerprint density at radius 1 is 1.09 bits per heavy atom. The van der Waals surface area contributed by atoms with Crippen LogP contribution in [0, 0.1) is 17.7 Å². The highest BCUT2D eigenvalue weighted by molar-refractivity contribution is 6.00. The fourth-order valence-corrected chi connectivity index (χ4v) is 7.54. The van der Waals surface area contributed by atoms with E-state index in [4.69, 9.17) is 26.2 Å². The largest absolute Gasteiger partial charge is 0.494 e. The molecule has 242 valence electrons. The molecule has 5 N–H and O–H groups in total. The lowest BCUT2D eigenvalue weighted by atomic mass is 10.0. The zero-order valence-electron chi connectivity index (χ0n) is 26.2. The number of piperidine rings is 1. The smallest absolute Gasteiger partial charge is 0.254 e. The Morgan fingerprint density at radius 3 is 2.55 bits per heavy atom. The van der Waals surface area contributed by atoms with Crippen LogP contribution in [0.1, 0.15) is 47.7 Å². The number of aryl methyl sites for hydroxylation is 1. The summed E-state index contributed by atoms with van der Waals surface area (Å²) in [4.78, 5) is 37.1. The fraction of sp³-hybridized carbons (Fsp3) is 0.371. The summed E-state index contributed by atoms with van der Waals surface area (Å²) in [6, 6.07) is 13.8. The number of amides is 2. The maximum absolute atomic E-state index is 14.9. The molecule has 2 saturated carbocycles. The number of methoxy groups -OCH3 is 1. The second kappa shape index (κ2) is 10.9. The molecule has 3 aromatic heterocycles. The first kappa shape index (κ1) is 29.6. The number of pyridine rings is 1. The molecular formula is C35H36FN7O4. The van der Waals surface area contributed by atoms with Crippen molar-refractivity contribution in [3.63, 3.8) is 0 Å². The number of nitrogens with zero attached hydrogens (tertiary/aromatic N) is 5. The highest BCUT2D eigenvalue weighted by Gasteiger charge is 2.47. The lowest BCUT2D eigenvalue weighted by Crippen LogP contribution is -2.41. The number of halogens is 1. The Morgan fingerprint density at radius 2 is 1.89 bits per heavy atom. The quantitative estimate of drug-likeness (QED) is 0.233. The third-order valence-electron chi connectivity index (χ3n) is 10.3. The lowest BCUT2D eigenvalue weighted by molar-refractivity contribution is -0.126. The molecule has 4 heterocycles. The number of primary amides is 1. The van der Waals surface area contributed by atoms with Gasteiger partial charge in [-0.3, -0.25) is 9.59 Å². The molecule has 3 aliphatic rings. The highest BCUT2D eigenvalue weighted by Crippen LogP contribution is 2.40. The van der Waals surface area contributed by atoms with Gasteiger partial charge in [0.15, 0.2) is 11.9 Å². The molecule has 47 heavy (non-hydrogen) atoms. The molecule has 3 unspecified atom stereocenters. The zero-order valence-corrected chi connectivity index (χ0v) is 26.2. The standard InChI is InChI=1S/C35H36FN7O4/c1-41-30-25(12-21(14-28(30)47-2)35(46)43-16-20-7-10-26(43)29(20)37)40-34(41)27-13-19-6-9-24(39-33(19)42(27)15-17-3-4-17)18-5-8-22(23(36)11-18)31(44)32(38)45/h5-6,8-9,11-14,17,20,26,29,31,44H,3-4,7,10,15-16,37H2,1-2H3,(H2,38,45)/t20?,26?,29-,31?/m1/s1. The number of carbonyl (C=O) groups excluding carboxylic acids is 2. The van der Waals surface area contributed by atoms with Crippen molar-refractivity contribution < 1.29 is 23.8 Å². The van der Waals surface area contributed by atoms with Gasteiger partial charge in [0.05, 0.1) is 24.0 Å². The predicted molar refractivity (Wildman–Crippen MR) is 174 cm³/mol. The molecule has 1 aliphatic heterocycles. The number of imidazole rings is 1. The van der Waals surface area contributed by atoms with Crippen LogP contribution in [0.5, 0.6) is 5.75 Å². The van der Waals surface area contributed by atoms with Crippen LogP contribution in [0.15, 0.2) is 48.5 Å². The number of benzene rings is 2. The average molecular weight is 638 g/mol. The maximum Gasteiger partial charge on any atom is 0.254 e. The van der Waals surface area contributed by atoms with Gasteiger partial charge in [-0.1, -0.05) is 12.1 Å². The van der Waals surface area contributed by atoms with Crippen molar-refractivity contribution in [1.82, 2.24) is 24.0 Å². The van der Waals surface area contributed by atoms with Crippen molar-refractivity contribution in [3.8, 4) is 28.5 Å². The van der Waals surface area contributed by atoms with Crippen LogP contribution in [0.25, 0.3) is 44.8 Å². The van der Waals surface area contributed by atoms with E-state index in [2.05, 4.69) is 10.6 Å². The second-order valence-corrected chi connectivity index (χ2v) is 13.2. The van der Waals surface area contributed by atoms with Crippen LogP contribution in [-0.2, 0) is 18.4 Å². The molecule has 0 spiro atoms. The molecule has 3 fully saturated rings. The van der Waals surface area contributed by atoms with Crippen LogP contribution < -0.4 is 16.2 Å². The summed E-state index contributed by atoms with van der Waals surface area (Å²) in [6.07, 6.45) is 2.52. The molecule has 2 bridgehead atoms. The van der Waals surface area contributed by atoms with E-state index in [1.807, 2.05) is 34.7 Å². The topological polar surface area (TPSA) is 155 Å². The van der Waals surface area contributed by atoms with E-state index in [1.54, 1.807) is 19.2 Å². The second-order valence-electron chi connectivity index (χ2n) is 13.2. The van der Waals surface area contributed by atoms with E-state index in [9.17, 15) is 19.1 Å². The van der Waals surface area contributed by atoms with Gasteiger partial charge < -0.3 is 35.3 Å². The van der Waals surface area contributed by atoms with Gasteiger partial charge in [-0.15, -0.1) is 0 Å². The first-order valence-corrected chi connectivity index (χ1v) is 16.0. The molecule has 2 amide bonds. The van der Waals surface area contributed by atoms with Gasteiger partial charge in [-0.2, -0.15) is 0 Å². The van der Waals surface area contributed by atoms with Gasteiger partial charge in [0.1, 0.15) is 22.7 Å². The Kier molecular flexibility index (Phi) is 6.85. The van der Waals surface area contributed by atoms with Crippen LogP contribution in [-0.4, -0.2) is 66.7 Å². The summed E-state index contributed by atoms with van der Waals surface area (Å²) in [5.41, 5.74) is 16.0. The molecule has 0 radical (unpaired) electrons. The molecule has 2 aromatic carbocycles. The summed E-state index contributed by atoms with van der Waals surface area (Å²) in [7, 11) is 3.54. The molecule has 12 heteroatoms. The minimum Gasteiger partial charge on any atom is -0.494 e. The first-order chi connectivity index (χ1) is 22.6. The number of ether oxygens (including phenoxy) is 1. The van der Waals surface area contributed by atoms with Crippen LogP contribution in [0.4, 0.5) is 4.39 Å².